The molecule has 0 atom stereocenters. The molecule has 0 radical (unpaired) electrons. The third kappa shape index (κ3) is 3.85. The summed E-state index contributed by atoms with van der Waals surface area (Å²) in [4.78, 5) is 0. The maximum atomic E-state index is 10.2. The average molecular weight is 274 g/mol. The first kappa shape index (κ1) is 13.2. The molecule has 0 spiro atoms. The summed E-state index contributed by atoms with van der Waals surface area (Å²) in [6, 6.07) is 5.50. The molecule has 0 unspecified atom stereocenters. The van der Waals surface area contributed by atoms with E-state index in [0.717, 1.165) is 31.2 Å². The largest absolute Gasteiger partial charge is 0.389 e. The molecule has 0 heterocycles. The second-order valence-electron chi connectivity index (χ2n) is 4.81. The van der Waals surface area contributed by atoms with Crippen LogP contribution in [0.5, 0.6) is 0 Å². The third-order valence-corrected chi connectivity index (χ3v) is 3.68. The molecule has 1 aromatic rings. The standard InChI is InChI=1S/C13H17Cl2NO/c14-11-5-10(6-12(15)7-11)8-16-9-13(17)3-1-2-4-13/h5-7,16-17H,1-4,8-9H2. The highest BCUT2D eigenvalue weighted by Crippen LogP contribution is 2.28. The van der Waals surface area contributed by atoms with Gasteiger partial charge in [-0.1, -0.05) is 36.0 Å². The smallest absolute Gasteiger partial charge is 0.0771 e. The normalized spacial score (nSPS) is 18.5. The second kappa shape index (κ2) is 5.57. The predicted molar refractivity (Wildman–Crippen MR) is 71.6 cm³/mol. The number of halogens is 2. The summed E-state index contributed by atoms with van der Waals surface area (Å²) in [7, 11) is 0. The fourth-order valence-corrected chi connectivity index (χ4v) is 2.93. The van der Waals surface area contributed by atoms with Crippen LogP contribution in [0.15, 0.2) is 18.2 Å². The Balaban J connectivity index is 1.85. The molecular weight excluding hydrogens is 257 g/mol. The topological polar surface area (TPSA) is 32.3 Å². The Morgan fingerprint density at radius 2 is 1.71 bits per heavy atom. The summed E-state index contributed by atoms with van der Waals surface area (Å²) in [5, 5.41) is 14.7. The Morgan fingerprint density at radius 3 is 2.29 bits per heavy atom. The Kier molecular flexibility index (Phi) is 4.31. The van der Waals surface area contributed by atoms with Gasteiger partial charge in [-0.3, -0.25) is 0 Å². The molecule has 2 rings (SSSR count). The summed E-state index contributed by atoms with van der Waals surface area (Å²) >= 11 is 11.8. The van der Waals surface area contributed by atoms with Crippen molar-refractivity contribution in [3.8, 4) is 0 Å². The van der Waals surface area contributed by atoms with Crippen LogP contribution in [0.1, 0.15) is 31.2 Å². The van der Waals surface area contributed by atoms with Crippen LogP contribution in [0.25, 0.3) is 0 Å². The third-order valence-electron chi connectivity index (χ3n) is 3.24. The highest BCUT2D eigenvalue weighted by Gasteiger charge is 2.30. The Hall–Kier alpha value is -0.280. The van der Waals surface area contributed by atoms with Crippen molar-refractivity contribution in [2.75, 3.05) is 6.54 Å². The van der Waals surface area contributed by atoms with E-state index >= 15 is 0 Å². The monoisotopic (exact) mass is 273 g/mol. The van der Waals surface area contributed by atoms with Crippen molar-refractivity contribution in [1.29, 1.82) is 0 Å². The molecule has 2 N–H and O–H groups in total. The van der Waals surface area contributed by atoms with Gasteiger partial charge in [0.15, 0.2) is 0 Å². The first-order chi connectivity index (χ1) is 8.07. The molecule has 0 aromatic heterocycles. The van der Waals surface area contributed by atoms with Crippen LogP contribution in [0.2, 0.25) is 10.0 Å². The van der Waals surface area contributed by atoms with E-state index in [0.29, 0.717) is 23.1 Å². The Morgan fingerprint density at radius 1 is 1.12 bits per heavy atom. The summed E-state index contributed by atoms with van der Waals surface area (Å²) in [5.74, 6) is 0. The molecule has 0 amide bonds. The van der Waals surface area contributed by atoms with Gasteiger partial charge >= 0.3 is 0 Å². The highest BCUT2D eigenvalue weighted by atomic mass is 35.5. The number of nitrogens with one attached hydrogen (secondary N) is 1. The van der Waals surface area contributed by atoms with Gasteiger partial charge in [-0.15, -0.1) is 0 Å². The van der Waals surface area contributed by atoms with Gasteiger partial charge in [-0.2, -0.15) is 0 Å². The molecule has 94 valence electrons. The Labute approximate surface area is 112 Å². The zero-order valence-electron chi connectivity index (χ0n) is 9.68. The van der Waals surface area contributed by atoms with Crippen LogP contribution in [-0.4, -0.2) is 17.3 Å². The molecule has 4 heteroatoms. The summed E-state index contributed by atoms with van der Waals surface area (Å²) in [5.41, 5.74) is 0.534. The van der Waals surface area contributed by atoms with Crippen LogP contribution < -0.4 is 5.32 Å². The Bertz CT molecular complexity index is 369. The predicted octanol–water partition coefficient (Wildman–Crippen LogP) is 3.39. The minimum Gasteiger partial charge on any atom is -0.389 e. The SMILES string of the molecule is OC1(CNCc2cc(Cl)cc(Cl)c2)CCCC1. The van der Waals surface area contributed by atoms with E-state index in [9.17, 15) is 5.11 Å². The van der Waals surface area contributed by atoms with Crippen molar-refractivity contribution in [3.05, 3.63) is 33.8 Å². The molecule has 0 bridgehead atoms. The van der Waals surface area contributed by atoms with Gasteiger partial charge < -0.3 is 10.4 Å². The van der Waals surface area contributed by atoms with Gasteiger partial charge in [-0.25, -0.2) is 0 Å². The molecule has 2 nitrogen and oxygen atoms in total. The summed E-state index contributed by atoms with van der Waals surface area (Å²) in [6.07, 6.45) is 4.05. The van der Waals surface area contributed by atoms with Crippen molar-refractivity contribution >= 4 is 23.2 Å². The average Bonchev–Trinajstić information content (AvgIpc) is 2.64. The summed E-state index contributed by atoms with van der Waals surface area (Å²) in [6.45, 7) is 1.32. The highest BCUT2D eigenvalue weighted by molar-refractivity contribution is 6.34. The van der Waals surface area contributed by atoms with Gasteiger partial charge in [0.1, 0.15) is 0 Å². The van der Waals surface area contributed by atoms with Crippen molar-refractivity contribution in [1.82, 2.24) is 5.32 Å². The van der Waals surface area contributed by atoms with Gasteiger partial charge in [0.25, 0.3) is 0 Å². The van der Waals surface area contributed by atoms with E-state index in [1.807, 2.05) is 12.1 Å². The van der Waals surface area contributed by atoms with Crippen molar-refractivity contribution < 1.29 is 5.11 Å². The van der Waals surface area contributed by atoms with E-state index in [1.54, 1.807) is 6.07 Å². The lowest BCUT2D eigenvalue weighted by atomic mass is 10.0. The molecule has 17 heavy (non-hydrogen) atoms. The zero-order valence-corrected chi connectivity index (χ0v) is 11.2. The number of benzene rings is 1. The van der Waals surface area contributed by atoms with Crippen molar-refractivity contribution in [2.45, 2.75) is 37.8 Å². The molecule has 1 aliphatic carbocycles. The van der Waals surface area contributed by atoms with E-state index in [-0.39, 0.29) is 0 Å². The molecule has 1 fully saturated rings. The number of hydrogen-bond acceptors (Lipinski definition) is 2. The molecule has 0 saturated heterocycles. The van der Waals surface area contributed by atoms with Gasteiger partial charge in [0.05, 0.1) is 5.60 Å². The van der Waals surface area contributed by atoms with Crippen LogP contribution in [-0.2, 0) is 6.54 Å². The molecule has 0 aliphatic heterocycles. The number of rotatable bonds is 4. The van der Waals surface area contributed by atoms with Crippen LogP contribution >= 0.6 is 23.2 Å². The van der Waals surface area contributed by atoms with E-state index < -0.39 is 5.60 Å². The van der Waals surface area contributed by atoms with Crippen LogP contribution in [0, 0.1) is 0 Å². The maximum Gasteiger partial charge on any atom is 0.0771 e. The van der Waals surface area contributed by atoms with E-state index in [2.05, 4.69) is 5.32 Å². The first-order valence-corrected chi connectivity index (χ1v) is 6.71. The quantitative estimate of drug-likeness (QED) is 0.882. The van der Waals surface area contributed by atoms with E-state index in [1.165, 1.54) is 0 Å². The molecule has 1 saturated carbocycles. The maximum absolute atomic E-state index is 10.2. The minimum absolute atomic E-state index is 0.512. The van der Waals surface area contributed by atoms with Gasteiger partial charge in [0.2, 0.25) is 0 Å². The van der Waals surface area contributed by atoms with Gasteiger partial charge in [-0.05, 0) is 36.6 Å². The van der Waals surface area contributed by atoms with Crippen molar-refractivity contribution in [2.24, 2.45) is 0 Å². The van der Waals surface area contributed by atoms with Crippen LogP contribution in [0.4, 0.5) is 0 Å². The molecular formula is C13H17Cl2NO. The number of aliphatic hydroxyl groups is 1. The number of hydrogen-bond donors (Lipinski definition) is 2. The van der Waals surface area contributed by atoms with Gasteiger partial charge in [0, 0.05) is 23.1 Å². The molecule has 1 aromatic carbocycles. The second-order valence-corrected chi connectivity index (χ2v) is 5.69. The first-order valence-electron chi connectivity index (χ1n) is 5.95. The fraction of sp³-hybridized carbons (Fsp3) is 0.538. The van der Waals surface area contributed by atoms with Crippen molar-refractivity contribution in [3.63, 3.8) is 0 Å². The zero-order chi connectivity index (χ0) is 12.3. The lowest BCUT2D eigenvalue weighted by Gasteiger charge is -2.22. The van der Waals surface area contributed by atoms with Crippen LogP contribution in [0.3, 0.4) is 0 Å². The fourth-order valence-electron chi connectivity index (χ4n) is 2.36. The summed E-state index contributed by atoms with van der Waals surface area (Å²) < 4.78 is 0. The molecule has 1 aliphatic rings. The lowest BCUT2D eigenvalue weighted by Crippen LogP contribution is -2.37. The minimum atomic E-state index is -0.512. The lowest BCUT2D eigenvalue weighted by molar-refractivity contribution is 0.0475. The van der Waals surface area contributed by atoms with E-state index in [4.69, 9.17) is 23.2 Å².